The summed E-state index contributed by atoms with van der Waals surface area (Å²) in [5, 5.41) is 0. The largest absolute Gasteiger partial charge is 0.444 e. The first-order valence-electron chi connectivity index (χ1n) is 5.80. The predicted octanol–water partition coefficient (Wildman–Crippen LogP) is 2.08. The molecule has 2 atom stereocenters. The minimum Gasteiger partial charge on any atom is -0.444 e. The van der Waals surface area contributed by atoms with E-state index in [9.17, 15) is 9.59 Å². The van der Waals surface area contributed by atoms with Gasteiger partial charge in [-0.1, -0.05) is 13.3 Å². The molecule has 1 rings (SSSR count). The molecule has 0 spiro atoms. The summed E-state index contributed by atoms with van der Waals surface area (Å²) in [6.45, 7) is 8.70. The summed E-state index contributed by atoms with van der Waals surface area (Å²) in [6.07, 6.45) is 1.57. The van der Waals surface area contributed by atoms with Crippen molar-refractivity contribution in [3.05, 3.63) is 0 Å². The fourth-order valence-electron chi connectivity index (χ4n) is 1.96. The topological polar surface area (TPSA) is 46.6 Å². The number of ether oxygens (including phenoxy) is 1. The Morgan fingerprint density at radius 2 is 2.06 bits per heavy atom. The van der Waals surface area contributed by atoms with Gasteiger partial charge in [0.05, 0.1) is 0 Å². The summed E-state index contributed by atoms with van der Waals surface area (Å²) in [6, 6.07) is 0. The van der Waals surface area contributed by atoms with Gasteiger partial charge < -0.3 is 14.4 Å². The minimum atomic E-state index is -0.474. The average molecular weight is 227 g/mol. The molecular formula is C12H21NO3. The summed E-state index contributed by atoms with van der Waals surface area (Å²) in [5.41, 5.74) is -0.474. The fourth-order valence-corrected chi connectivity index (χ4v) is 1.96. The maximum atomic E-state index is 11.8. The van der Waals surface area contributed by atoms with Crippen molar-refractivity contribution in [3.8, 4) is 0 Å². The molecule has 0 aromatic heterocycles. The maximum absolute atomic E-state index is 11.8. The molecule has 0 aromatic carbocycles. The Balaban J connectivity index is 2.57. The highest BCUT2D eigenvalue weighted by atomic mass is 16.6. The fraction of sp³-hybridized carbons (Fsp3) is 0.833. The van der Waals surface area contributed by atoms with E-state index < -0.39 is 5.60 Å². The predicted molar refractivity (Wildman–Crippen MR) is 61.1 cm³/mol. The zero-order valence-corrected chi connectivity index (χ0v) is 10.5. The third-order valence-corrected chi connectivity index (χ3v) is 2.84. The van der Waals surface area contributed by atoms with Crippen LogP contribution in [0.1, 0.15) is 34.1 Å². The van der Waals surface area contributed by atoms with E-state index in [2.05, 4.69) is 0 Å². The monoisotopic (exact) mass is 227 g/mol. The van der Waals surface area contributed by atoms with Crippen molar-refractivity contribution in [1.82, 2.24) is 4.90 Å². The Kier molecular flexibility index (Phi) is 3.94. The molecule has 1 amide bonds. The second-order valence-corrected chi connectivity index (χ2v) is 5.35. The van der Waals surface area contributed by atoms with Crippen LogP contribution >= 0.6 is 0 Å². The lowest BCUT2D eigenvalue weighted by Crippen LogP contribution is -2.35. The van der Waals surface area contributed by atoms with E-state index in [1.54, 1.807) is 4.90 Å². The second-order valence-electron chi connectivity index (χ2n) is 5.35. The molecule has 1 heterocycles. The molecule has 4 nitrogen and oxygen atoms in total. The Morgan fingerprint density at radius 1 is 1.44 bits per heavy atom. The SMILES string of the molecule is CC[C@H]1CN(C(=O)OC(C)(C)C)C[C@@H]1C=O. The van der Waals surface area contributed by atoms with Crippen LogP contribution in [0.25, 0.3) is 0 Å². The molecule has 92 valence electrons. The molecule has 0 bridgehead atoms. The van der Waals surface area contributed by atoms with Gasteiger partial charge in [-0.25, -0.2) is 4.79 Å². The van der Waals surface area contributed by atoms with Crippen LogP contribution in [-0.2, 0) is 9.53 Å². The minimum absolute atomic E-state index is 0.0301. The lowest BCUT2D eigenvalue weighted by atomic mass is 9.95. The van der Waals surface area contributed by atoms with Gasteiger partial charge in [0.2, 0.25) is 0 Å². The van der Waals surface area contributed by atoms with Crippen LogP contribution in [0.4, 0.5) is 4.79 Å². The number of amides is 1. The molecule has 0 aromatic rings. The molecule has 1 fully saturated rings. The van der Waals surface area contributed by atoms with Crippen molar-refractivity contribution >= 4 is 12.4 Å². The number of likely N-dealkylation sites (tertiary alicyclic amines) is 1. The standard InChI is InChI=1S/C12H21NO3/c1-5-9-6-13(7-10(9)8-14)11(15)16-12(2,3)4/h8-10H,5-7H2,1-4H3/t9-,10+/m0/s1. The summed E-state index contributed by atoms with van der Waals surface area (Å²) in [5.74, 6) is 0.252. The summed E-state index contributed by atoms with van der Waals surface area (Å²) < 4.78 is 5.28. The van der Waals surface area contributed by atoms with Crippen LogP contribution in [0.15, 0.2) is 0 Å². The Morgan fingerprint density at radius 3 is 2.44 bits per heavy atom. The van der Waals surface area contributed by atoms with E-state index in [0.29, 0.717) is 13.1 Å². The summed E-state index contributed by atoms with van der Waals surface area (Å²) >= 11 is 0. The molecule has 1 aliphatic heterocycles. The van der Waals surface area contributed by atoms with Gasteiger partial charge in [0.15, 0.2) is 0 Å². The molecule has 4 heteroatoms. The zero-order chi connectivity index (χ0) is 12.3. The Labute approximate surface area is 96.9 Å². The van der Waals surface area contributed by atoms with Gasteiger partial charge in [-0.2, -0.15) is 0 Å². The van der Waals surface area contributed by atoms with Crippen LogP contribution in [0.2, 0.25) is 0 Å². The smallest absolute Gasteiger partial charge is 0.410 e. The van der Waals surface area contributed by atoms with Crippen molar-refractivity contribution in [2.45, 2.75) is 39.7 Å². The molecule has 0 radical (unpaired) electrons. The van der Waals surface area contributed by atoms with Crippen molar-refractivity contribution in [2.24, 2.45) is 11.8 Å². The second kappa shape index (κ2) is 4.85. The number of hydrogen-bond donors (Lipinski definition) is 0. The third kappa shape index (κ3) is 3.22. The normalized spacial score (nSPS) is 25.6. The van der Waals surface area contributed by atoms with E-state index in [0.717, 1.165) is 12.7 Å². The van der Waals surface area contributed by atoms with Gasteiger partial charge in [0, 0.05) is 19.0 Å². The number of hydrogen-bond acceptors (Lipinski definition) is 3. The van der Waals surface area contributed by atoms with E-state index in [1.807, 2.05) is 27.7 Å². The highest BCUT2D eigenvalue weighted by Crippen LogP contribution is 2.25. The highest BCUT2D eigenvalue weighted by molar-refractivity contribution is 5.70. The third-order valence-electron chi connectivity index (χ3n) is 2.84. The van der Waals surface area contributed by atoms with Crippen LogP contribution in [0.5, 0.6) is 0 Å². The number of rotatable bonds is 2. The van der Waals surface area contributed by atoms with Crippen molar-refractivity contribution in [2.75, 3.05) is 13.1 Å². The van der Waals surface area contributed by atoms with Gasteiger partial charge in [-0.15, -0.1) is 0 Å². The number of carbonyl (C=O) groups excluding carboxylic acids is 2. The molecule has 1 aliphatic rings. The van der Waals surface area contributed by atoms with Crippen molar-refractivity contribution in [3.63, 3.8) is 0 Å². The number of aldehydes is 1. The first kappa shape index (κ1) is 13.0. The zero-order valence-electron chi connectivity index (χ0n) is 10.5. The average Bonchev–Trinajstić information content (AvgIpc) is 2.57. The van der Waals surface area contributed by atoms with Gasteiger partial charge in [0.1, 0.15) is 11.9 Å². The molecule has 16 heavy (non-hydrogen) atoms. The van der Waals surface area contributed by atoms with E-state index in [1.165, 1.54) is 0 Å². The lowest BCUT2D eigenvalue weighted by Gasteiger charge is -2.24. The highest BCUT2D eigenvalue weighted by Gasteiger charge is 2.35. The van der Waals surface area contributed by atoms with E-state index >= 15 is 0 Å². The molecule has 1 saturated heterocycles. The lowest BCUT2D eigenvalue weighted by molar-refractivity contribution is -0.111. The van der Waals surface area contributed by atoms with Crippen LogP contribution in [-0.4, -0.2) is 36.0 Å². The van der Waals surface area contributed by atoms with Crippen molar-refractivity contribution < 1.29 is 14.3 Å². The summed E-state index contributed by atoms with van der Waals surface area (Å²) in [7, 11) is 0. The molecule has 0 saturated carbocycles. The molecule has 0 N–H and O–H groups in total. The first-order valence-corrected chi connectivity index (χ1v) is 5.80. The maximum Gasteiger partial charge on any atom is 0.410 e. The van der Waals surface area contributed by atoms with Crippen LogP contribution < -0.4 is 0 Å². The van der Waals surface area contributed by atoms with Gasteiger partial charge in [-0.05, 0) is 26.7 Å². The van der Waals surface area contributed by atoms with Crippen molar-refractivity contribution in [1.29, 1.82) is 0 Å². The molecule has 0 unspecified atom stereocenters. The number of nitrogens with zero attached hydrogens (tertiary/aromatic N) is 1. The van der Waals surface area contributed by atoms with Crippen LogP contribution in [0, 0.1) is 11.8 Å². The molecular weight excluding hydrogens is 206 g/mol. The first-order chi connectivity index (χ1) is 7.37. The van der Waals surface area contributed by atoms with Gasteiger partial charge in [0.25, 0.3) is 0 Å². The Bertz CT molecular complexity index is 270. The van der Waals surface area contributed by atoms with E-state index in [-0.39, 0.29) is 17.9 Å². The van der Waals surface area contributed by atoms with Gasteiger partial charge in [-0.3, -0.25) is 0 Å². The summed E-state index contributed by atoms with van der Waals surface area (Å²) in [4.78, 5) is 24.3. The van der Waals surface area contributed by atoms with Crippen LogP contribution in [0.3, 0.4) is 0 Å². The Hall–Kier alpha value is -1.06. The van der Waals surface area contributed by atoms with E-state index in [4.69, 9.17) is 4.74 Å². The molecule has 0 aliphatic carbocycles. The number of carbonyl (C=O) groups is 2. The van der Waals surface area contributed by atoms with Gasteiger partial charge >= 0.3 is 6.09 Å². The quantitative estimate of drug-likeness (QED) is 0.678.